The maximum Gasteiger partial charge on any atom is 0.237 e. The topological polar surface area (TPSA) is 52.6 Å². The van der Waals surface area contributed by atoms with Crippen LogP contribution in [0.4, 0.5) is 0 Å². The van der Waals surface area contributed by atoms with E-state index in [1.807, 2.05) is 18.7 Å². The van der Waals surface area contributed by atoms with Gasteiger partial charge in [-0.3, -0.25) is 9.69 Å². The van der Waals surface area contributed by atoms with Crippen LogP contribution >= 0.6 is 0 Å². The van der Waals surface area contributed by atoms with Gasteiger partial charge in [0, 0.05) is 19.6 Å². The zero-order chi connectivity index (χ0) is 13.1. The van der Waals surface area contributed by atoms with Gasteiger partial charge in [-0.1, -0.05) is 20.8 Å². The van der Waals surface area contributed by atoms with Crippen molar-refractivity contribution in [3.05, 3.63) is 0 Å². The van der Waals surface area contributed by atoms with Gasteiger partial charge in [-0.15, -0.1) is 0 Å². The maximum atomic E-state index is 11.8. The summed E-state index contributed by atoms with van der Waals surface area (Å²) >= 11 is 0. The summed E-state index contributed by atoms with van der Waals surface area (Å²) in [5.41, 5.74) is -0.563. The molecule has 0 aromatic heterocycles. The van der Waals surface area contributed by atoms with E-state index in [0.29, 0.717) is 19.0 Å². The molecule has 0 aliphatic carbocycles. The number of hydrogen-bond acceptors (Lipinski definition) is 3. The van der Waals surface area contributed by atoms with Crippen LogP contribution < -0.4 is 5.32 Å². The molecule has 17 heavy (non-hydrogen) atoms. The van der Waals surface area contributed by atoms with E-state index in [0.717, 1.165) is 19.4 Å². The van der Waals surface area contributed by atoms with Gasteiger partial charge in [-0.25, -0.2) is 0 Å². The smallest absolute Gasteiger partial charge is 0.237 e. The first-order chi connectivity index (χ1) is 7.88. The molecule has 0 bridgehead atoms. The summed E-state index contributed by atoms with van der Waals surface area (Å²) in [6, 6.07) is -0.131. The molecule has 0 aromatic rings. The minimum Gasteiger partial charge on any atom is -0.387 e. The van der Waals surface area contributed by atoms with Crippen molar-refractivity contribution < 1.29 is 9.90 Å². The van der Waals surface area contributed by atoms with Crippen LogP contribution in [0.5, 0.6) is 0 Å². The van der Waals surface area contributed by atoms with Crippen LogP contribution in [0.2, 0.25) is 0 Å². The molecule has 2 N–H and O–H groups in total. The molecule has 4 nitrogen and oxygen atoms in total. The zero-order valence-electron chi connectivity index (χ0n) is 11.5. The summed E-state index contributed by atoms with van der Waals surface area (Å²) in [5, 5.41) is 12.8. The minimum absolute atomic E-state index is 0.0730. The molecule has 1 heterocycles. The fourth-order valence-corrected chi connectivity index (χ4v) is 2.00. The number of β-amino-alcohol motifs (C(OH)–C–C–N with tert-alkyl or cyclic N) is 1. The van der Waals surface area contributed by atoms with Crippen molar-refractivity contribution in [3.8, 4) is 0 Å². The highest BCUT2D eigenvalue weighted by Crippen LogP contribution is 2.25. The molecule has 1 unspecified atom stereocenters. The Morgan fingerprint density at radius 2 is 2.00 bits per heavy atom. The van der Waals surface area contributed by atoms with E-state index in [9.17, 15) is 9.90 Å². The number of rotatable bonds is 6. The number of hydrogen-bond donors (Lipinski definition) is 2. The molecule has 4 heteroatoms. The highest BCUT2D eigenvalue weighted by Gasteiger charge is 2.42. The van der Waals surface area contributed by atoms with Crippen LogP contribution in [-0.2, 0) is 4.79 Å². The van der Waals surface area contributed by atoms with Crippen molar-refractivity contribution >= 4 is 5.91 Å². The zero-order valence-corrected chi connectivity index (χ0v) is 11.5. The van der Waals surface area contributed by atoms with Crippen molar-refractivity contribution in [1.82, 2.24) is 10.2 Å². The van der Waals surface area contributed by atoms with E-state index in [4.69, 9.17) is 0 Å². The Bertz CT molecular complexity index is 260. The lowest BCUT2D eigenvalue weighted by Gasteiger charge is -2.48. The Kier molecular flexibility index (Phi) is 4.95. The Morgan fingerprint density at radius 1 is 1.41 bits per heavy atom. The normalized spacial score (nSPS) is 21.1. The third kappa shape index (κ3) is 3.96. The molecule has 1 atom stereocenters. The van der Waals surface area contributed by atoms with Gasteiger partial charge in [0.05, 0.1) is 11.6 Å². The van der Waals surface area contributed by atoms with Gasteiger partial charge < -0.3 is 10.4 Å². The molecule has 0 aromatic carbocycles. The largest absolute Gasteiger partial charge is 0.387 e. The molecule has 0 spiro atoms. The summed E-state index contributed by atoms with van der Waals surface area (Å²) in [6.45, 7) is 10.1. The van der Waals surface area contributed by atoms with Crippen LogP contribution in [-0.4, -0.2) is 47.2 Å². The number of carbonyl (C=O) groups excluding carboxylic acids is 1. The number of aliphatic hydroxyl groups is 1. The van der Waals surface area contributed by atoms with E-state index in [1.165, 1.54) is 0 Å². The quantitative estimate of drug-likeness (QED) is 0.730. The molecule has 0 radical (unpaired) electrons. The van der Waals surface area contributed by atoms with Gasteiger partial charge in [-0.05, 0) is 25.7 Å². The lowest BCUT2D eigenvalue weighted by Crippen LogP contribution is -2.66. The average Bonchev–Trinajstić information content (AvgIpc) is 2.23. The van der Waals surface area contributed by atoms with Gasteiger partial charge in [0.25, 0.3) is 0 Å². The predicted octanol–water partition coefficient (Wildman–Crippen LogP) is 0.994. The first-order valence-electron chi connectivity index (χ1n) is 6.62. The van der Waals surface area contributed by atoms with Gasteiger partial charge in [0.2, 0.25) is 5.91 Å². The Hall–Kier alpha value is -0.610. The predicted molar refractivity (Wildman–Crippen MR) is 68.7 cm³/mol. The van der Waals surface area contributed by atoms with Crippen molar-refractivity contribution in [3.63, 3.8) is 0 Å². The van der Waals surface area contributed by atoms with Gasteiger partial charge in [0.15, 0.2) is 0 Å². The monoisotopic (exact) mass is 242 g/mol. The molecule has 1 aliphatic rings. The summed E-state index contributed by atoms with van der Waals surface area (Å²) in [6.07, 6.45) is 1.77. The lowest BCUT2D eigenvalue weighted by molar-refractivity contribution is -0.142. The Balaban J connectivity index is 2.24. The van der Waals surface area contributed by atoms with Gasteiger partial charge >= 0.3 is 0 Å². The molecule has 0 saturated carbocycles. The van der Waals surface area contributed by atoms with Crippen molar-refractivity contribution in [2.45, 2.75) is 52.2 Å². The third-order valence-corrected chi connectivity index (χ3v) is 3.60. The molecule has 1 aliphatic heterocycles. The summed E-state index contributed by atoms with van der Waals surface area (Å²) in [4.78, 5) is 13.8. The van der Waals surface area contributed by atoms with Crippen molar-refractivity contribution in [1.29, 1.82) is 0 Å². The second-order valence-corrected chi connectivity index (χ2v) is 5.63. The molecule has 1 fully saturated rings. The van der Waals surface area contributed by atoms with Gasteiger partial charge in [-0.2, -0.15) is 0 Å². The summed E-state index contributed by atoms with van der Waals surface area (Å²) in [5.74, 6) is 0.684. The molecular formula is C13H26N2O2. The van der Waals surface area contributed by atoms with Crippen LogP contribution in [0.1, 0.15) is 40.5 Å². The van der Waals surface area contributed by atoms with E-state index < -0.39 is 5.60 Å². The fourth-order valence-electron chi connectivity index (χ4n) is 2.00. The molecule has 1 amide bonds. The molecule has 1 saturated heterocycles. The third-order valence-electron chi connectivity index (χ3n) is 3.60. The first kappa shape index (κ1) is 14.5. The number of carbonyl (C=O) groups is 1. The number of likely N-dealkylation sites (tertiary alicyclic amines) is 1. The average molecular weight is 242 g/mol. The second-order valence-electron chi connectivity index (χ2n) is 5.63. The van der Waals surface area contributed by atoms with E-state index in [2.05, 4.69) is 19.2 Å². The van der Waals surface area contributed by atoms with Crippen molar-refractivity contribution in [2.24, 2.45) is 5.92 Å². The Morgan fingerprint density at radius 3 is 2.47 bits per heavy atom. The minimum atomic E-state index is -0.563. The van der Waals surface area contributed by atoms with Crippen LogP contribution in [0.25, 0.3) is 0 Å². The SMILES string of the molecule is CCC1(O)CN(C(C)C(=O)NCCC(C)C)C1. The highest BCUT2D eigenvalue weighted by atomic mass is 16.3. The van der Waals surface area contributed by atoms with Crippen LogP contribution in [0.3, 0.4) is 0 Å². The standard InChI is InChI=1S/C13H26N2O2/c1-5-13(17)8-15(9-13)11(4)12(16)14-7-6-10(2)3/h10-11,17H,5-9H2,1-4H3,(H,14,16). The Labute approximate surface area is 104 Å². The highest BCUT2D eigenvalue weighted by molar-refractivity contribution is 5.81. The van der Waals surface area contributed by atoms with Gasteiger partial charge in [0.1, 0.15) is 0 Å². The van der Waals surface area contributed by atoms with E-state index in [-0.39, 0.29) is 11.9 Å². The van der Waals surface area contributed by atoms with Crippen molar-refractivity contribution in [2.75, 3.05) is 19.6 Å². The van der Waals surface area contributed by atoms with Crippen LogP contribution in [0.15, 0.2) is 0 Å². The summed E-state index contributed by atoms with van der Waals surface area (Å²) in [7, 11) is 0. The summed E-state index contributed by atoms with van der Waals surface area (Å²) < 4.78 is 0. The molecule has 1 rings (SSSR count). The van der Waals surface area contributed by atoms with E-state index in [1.54, 1.807) is 0 Å². The number of nitrogens with one attached hydrogen (secondary N) is 1. The first-order valence-corrected chi connectivity index (χ1v) is 6.62. The lowest BCUT2D eigenvalue weighted by atomic mass is 9.90. The van der Waals surface area contributed by atoms with E-state index >= 15 is 0 Å². The molecule has 100 valence electrons. The second kappa shape index (κ2) is 5.83. The number of amides is 1. The maximum absolute atomic E-state index is 11.8. The number of nitrogens with zero attached hydrogens (tertiary/aromatic N) is 1. The van der Waals surface area contributed by atoms with Crippen LogP contribution in [0, 0.1) is 5.92 Å². The fraction of sp³-hybridized carbons (Fsp3) is 0.923. The molecular weight excluding hydrogens is 216 g/mol.